The Morgan fingerprint density at radius 2 is 2.00 bits per heavy atom. The van der Waals surface area contributed by atoms with Crippen molar-refractivity contribution in [2.24, 2.45) is 17.3 Å². The van der Waals surface area contributed by atoms with Crippen LogP contribution in [0.3, 0.4) is 0 Å². The molecule has 5 nitrogen and oxygen atoms in total. The van der Waals surface area contributed by atoms with Crippen molar-refractivity contribution >= 4 is 11.8 Å². The summed E-state index contributed by atoms with van der Waals surface area (Å²) in [5.41, 5.74) is 1.46. The fraction of sp³-hybridized carbons (Fsp3) is 0.818. The van der Waals surface area contributed by atoms with Crippen molar-refractivity contribution in [3.8, 4) is 0 Å². The number of rotatable bonds is 4. The molecule has 0 bridgehead atoms. The van der Waals surface area contributed by atoms with E-state index in [0.717, 1.165) is 51.7 Å². The summed E-state index contributed by atoms with van der Waals surface area (Å²) in [4.78, 5) is 28.4. The number of carbonyl (C=O) groups excluding carboxylic acids is 2. The fourth-order valence-corrected chi connectivity index (χ4v) is 4.91. The molecule has 2 saturated heterocycles. The molecular formula is C22H36N2O3. The van der Waals surface area contributed by atoms with E-state index in [-0.39, 0.29) is 23.3 Å². The van der Waals surface area contributed by atoms with Crippen LogP contribution in [0.4, 0.5) is 0 Å². The summed E-state index contributed by atoms with van der Waals surface area (Å²) in [7, 11) is 0. The van der Waals surface area contributed by atoms with E-state index in [0.29, 0.717) is 25.0 Å². The van der Waals surface area contributed by atoms with Crippen LogP contribution in [0.25, 0.3) is 0 Å². The Morgan fingerprint density at radius 3 is 2.59 bits per heavy atom. The van der Waals surface area contributed by atoms with Crippen molar-refractivity contribution < 1.29 is 14.3 Å². The third kappa shape index (κ3) is 4.92. The van der Waals surface area contributed by atoms with Crippen LogP contribution in [0, 0.1) is 17.3 Å². The summed E-state index contributed by atoms with van der Waals surface area (Å²) in [5.74, 6) is 1.26. The lowest BCUT2D eigenvalue weighted by atomic mass is 9.75. The molecule has 152 valence electrons. The van der Waals surface area contributed by atoms with Gasteiger partial charge in [-0.3, -0.25) is 9.59 Å². The average Bonchev–Trinajstić information content (AvgIpc) is 3.07. The van der Waals surface area contributed by atoms with Gasteiger partial charge in [-0.25, -0.2) is 0 Å². The topological polar surface area (TPSA) is 49.9 Å². The van der Waals surface area contributed by atoms with Gasteiger partial charge in [0.15, 0.2) is 0 Å². The number of hydrogen-bond acceptors (Lipinski definition) is 3. The van der Waals surface area contributed by atoms with Crippen molar-refractivity contribution in [2.75, 3.05) is 32.8 Å². The highest BCUT2D eigenvalue weighted by molar-refractivity contribution is 5.79. The molecular weight excluding hydrogens is 340 g/mol. The van der Waals surface area contributed by atoms with Crippen molar-refractivity contribution in [1.82, 2.24) is 9.80 Å². The molecule has 3 aliphatic heterocycles. The second-order valence-corrected chi connectivity index (χ2v) is 9.42. The highest BCUT2D eigenvalue weighted by Gasteiger charge is 2.36. The monoisotopic (exact) mass is 376 g/mol. The predicted octanol–water partition coefficient (Wildman–Crippen LogP) is 3.24. The molecule has 5 heteroatoms. The molecule has 0 spiro atoms. The van der Waals surface area contributed by atoms with Crippen LogP contribution in [0.15, 0.2) is 11.6 Å². The van der Waals surface area contributed by atoms with E-state index in [9.17, 15) is 9.59 Å². The number of amides is 2. The molecule has 3 aliphatic rings. The van der Waals surface area contributed by atoms with Crippen molar-refractivity contribution in [3.63, 3.8) is 0 Å². The third-order valence-corrected chi connectivity index (χ3v) is 6.71. The van der Waals surface area contributed by atoms with E-state index in [4.69, 9.17) is 4.74 Å². The average molecular weight is 377 g/mol. The first kappa shape index (κ1) is 20.4. The maximum absolute atomic E-state index is 12.9. The first-order valence-corrected chi connectivity index (χ1v) is 10.6. The minimum absolute atomic E-state index is 0.0423. The molecule has 0 saturated carbocycles. The van der Waals surface area contributed by atoms with Gasteiger partial charge in [0.1, 0.15) is 0 Å². The Morgan fingerprint density at radius 1 is 1.22 bits per heavy atom. The van der Waals surface area contributed by atoms with Crippen molar-refractivity contribution in [1.29, 1.82) is 0 Å². The van der Waals surface area contributed by atoms with Crippen LogP contribution >= 0.6 is 0 Å². The van der Waals surface area contributed by atoms with E-state index < -0.39 is 0 Å². The molecule has 0 aromatic heterocycles. The van der Waals surface area contributed by atoms with Crippen LogP contribution in [-0.2, 0) is 14.3 Å². The number of likely N-dealkylation sites (tertiary alicyclic amines) is 1. The zero-order chi connectivity index (χ0) is 19.6. The normalized spacial score (nSPS) is 29.6. The largest absolute Gasteiger partial charge is 0.378 e. The third-order valence-electron chi connectivity index (χ3n) is 6.71. The Labute approximate surface area is 164 Å². The summed E-state index contributed by atoms with van der Waals surface area (Å²) in [6, 6.07) is 0. The van der Waals surface area contributed by atoms with Gasteiger partial charge >= 0.3 is 0 Å². The van der Waals surface area contributed by atoms with Gasteiger partial charge in [0, 0.05) is 45.6 Å². The molecule has 2 fully saturated rings. The van der Waals surface area contributed by atoms with Gasteiger partial charge in [0.2, 0.25) is 11.8 Å². The summed E-state index contributed by atoms with van der Waals surface area (Å²) in [5, 5.41) is 0. The predicted molar refractivity (Wildman–Crippen MR) is 106 cm³/mol. The molecule has 0 aliphatic carbocycles. The Kier molecular flexibility index (Phi) is 6.29. The lowest BCUT2D eigenvalue weighted by molar-refractivity contribution is -0.140. The second-order valence-electron chi connectivity index (χ2n) is 9.42. The van der Waals surface area contributed by atoms with Gasteiger partial charge in [-0.15, -0.1) is 0 Å². The standard InChI is InChI=1S/C22H36N2O3/c1-16-5-9-24(15-16)21(26)18-8-12-27-20(13-18)14-22(3,4)19-6-10-23(11-7-19)17(2)25/h6,16,18,20H,5,7-15H2,1-4H3/t16-,18?,20?/m0/s1. The fourth-order valence-electron chi connectivity index (χ4n) is 4.91. The van der Waals surface area contributed by atoms with Gasteiger partial charge in [0.05, 0.1) is 6.10 Å². The summed E-state index contributed by atoms with van der Waals surface area (Å²) in [6.45, 7) is 12.5. The van der Waals surface area contributed by atoms with Gasteiger partial charge in [0.25, 0.3) is 0 Å². The summed E-state index contributed by atoms with van der Waals surface area (Å²) < 4.78 is 6.07. The van der Waals surface area contributed by atoms with E-state index >= 15 is 0 Å². The number of nitrogens with zero attached hydrogens (tertiary/aromatic N) is 2. The van der Waals surface area contributed by atoms with E-state index in [1.165, 1.54) is 5.57 Å². The first-order valence-electron chi connectivity index (χ1n) is 10.6. The first-order chi connectivity index (χ1) is 12.8. The van der Waals surface area contributed by atoms with Gasteiger partial charge in [-0.1, -0.05) is 32.4 Å². The van der Waals surface area contributed by atoms with Crippen LogP contribution < -0.4 is 0 Å². The number of hydrogen-bond donors (Lipinski definition) is 0. The molecule has 0 aromatic rings. The minimum atomic E-state index is 0.0423. The quantitative estimate of drug-likeness (QED) is 0.708. The highest BCUT2D eigenvalue weighted by Crippen LogP contribution is 2.39. The molecule has 3 heterocycles. The van der Waals surface area contributed by atoms with Crippen LogP contribution in [0.5, 0.6) is 0 Å². The maximum atomic E-state index is 12.9. The zero-order valence-corrected chi connectivity index (χ0v) is 17.5. The van der Waals surface area contributed by atoms with Gasteiger partial charge < -0.3 is 14.5 Å². The SMILES string of the molecule is CC(=O)N1CC=C(C(C)(C)CC2CC(C(=O)N3CC[C@H](C)C3)CCO2)CC1. The molecule has 27 heavy (non-hydrogen) atoms. The van der Waals surface area contributed by atoms with Gasteiger partial charge in [-0.05, 0) is 43.4 Å². The minimum Gasteiger partial charge on any atom is -0.378 e. The number of carbonyl (C=O) groups is 2. The van der Waals surface area contributed by atoms with E-state index in [1.54, 1.807) is 6.92 Å². The number of ether oxygens (including phenoxy) is 1. The van der Waals surface area contributed by atoms with Crippen LogP contribution in [0.1, 0.15) is 59.8 Å². The molecule has 3 atom stereocenters. The molecule has 0 N–H and O–H groups in total. The lowest BCUT2D eigenvalue weighted by Crippen LogP contribution is -2.41. The highest BCUT2D eigenvalue weighted by atomic mass is 16.5. The Balaban J connectivity index is 1.56. The second kappa shape index (κ2) is 8.34. The van der Waals surface area contributed by atoms with Crippen molar-refractivity contribution in [3.05, 3.63) is 11.6 Å². The van der Waals surface area contributed by atoms with Crippen LogP contribution in [-0.4, -0.2) is 60.5 Å². The Hall–Kier alpha value is -1.36. The molecule has 0 radical (unpaired) electrons. The van der Waals surface area contributed by atoms with E-state index in [2.05, 4.69) is 31.7 Å². The maximum Gasteiger partial charge on any atom is 0.225 e. The summed E-state index contributed by atoms with van der Waals surface area (Å²) in [6.07, 6.45) is 7.09. The molecule has 2 amide bonds. The van der Waals surface area contributed by atoms with E-state index in [1.807, 2.05) is 4.90 Å². The summed E-state index contributed by atoms with van der Waals surface area (Å²) >= 11 is 0. The molecule has 3 rings (SSSR count). The Bertz CT molecular complexity index is 598. The lowest BCUT2D eigenvalue weighted by Gasteiger charge is -2.39. The van der Waals surface area contributed by atoms with Gasteiger partial charge in [-0.2, -0.15) is 0 Å². The zero-order valence-electron chi connectivity index (χ0n) is 17.5. The molecule has 0 aromatic carbocycles. The van der Waals surface area contributed by atoms with Crippen molar-refractivity contribution in [2.45, 2.75) is 65.9 Å². The molecule has 2 unspecified atom stereocenters. The smallest absolute Gasteiger partial charge is 0.225 e. The van der Waals surface area contributed by atoms with Crippen LogP contribution in [0.2, 0.25) is 0 Å².